The van der Waals surface area contributed by atoms with Gasteiger partial charge in [0, 0.05) is 18.5 Å². The third-order valence-electron chi connectivity index (χ3n) is 5.00. The van der Waals surface area contributed by atoms with Crippen molar-refractivity contribution in [1.82, 2.24) is 5.01 Å². The van der Waals surface area contributed by atoms with Crippen LogP contribution in [0.2, 0.25) is 0 Å². The molecule has 0 unspecified atom stereocenters. The van der Waals surface area contributed by atoms with E-state index in [4.69, 9.17) is 0 Å². The molecular formula is C23H22N2OS. The summed E-state index contributed by atoms with van der Waals surface area (Å²) in [6, 6.07) is 26.5. The quantitative estimate of drug-likeness (QED) is 0.591. The molecule has 136 valence electrons. The van der Waals surface area contributed by atoms with Crippen LogP contribution in [0.4, 0.5) is 5.69 Å². The molecule has 1 amide bonds. The van der Waals surface area contributed by atoms with Crippen LogP contribution in [0.3, 0.4) is 0 Å². The summed E-state index contributed by atoms with van der Waals surface area (Å²) in [6.07, 6.45) is 2.08. The van der Waals surface area contributed by atoms with Crippen LogP contribution in [0.15, 0.2) is 83.8 Å². The van der Waals surface area contributed by atoms with E-state index in [9.17, 15) is 4.79 Å². The van der Waals surface area contributed by atoms with E-state index in [1.54, 1.807) is 11.8 Å². The Morgan fingerprint density at radius 2 is 1.59 bits per heavy atom. The van der Waals surface area contributed by atoms with Crippen LogP contribution >= 0.6 is 11.8 Å². The van der Waals surface area contributed by atoms with Crippen molar-refractivity contribution in [3.8, 4) is 0 Å². The fourth-order valence-corrected chi connectivity index (χ4v) is 4.38. The minimum atomic E-state index is -0.249. The second-order valence-corrected chi connectivity index (χ2v) is 7.53. The van der Waals surface area contributed by atoms with Crippen molar-refractivity contribution in [2.24, 2.45) is 0 Å². The van der Waals surface area contributed by atoms with E-state index < -0.39 is 0 Å². The standard InChI is InChI=1S/C23H22N2OS/c1-24(16-18-12-6-9-15-21(18)27-2)25-20-14-8-7-13-19(20)22(23(25)26)17-10-4-3-5-11-17/h3-15,22H,16H2,1-2H3/t22-/m1/s1. The minimum absolute atomic E-state index is 0.103. The zero-order valence-corrected chi connectivity index (χ0v) is 16.3. The Bertz CT molecular complexity index is 957. The second kappa shape index (κ2) is 7.59. The average molecular weight is 375 g/mol. The smallest absolute Gasteiger partial charge is 0.253 e. The number of anilines is 1. The number of carbonyl (C=O) groups is 1. The fourth-order valence-electron chi connectivity index (χ4n) is 3.77. The predicted molar refractivity (Wildman–Crippen MR) is 112 cm³/mol. The predicted octanol–water partition coefficient (Wildman–Crippen LogP) is 4.93. The van der Waals surface area contributed by atoms with Gasteiger partial charge < -0.3 is 0 Å². The lowest BCUT2D eigenvalue weighted by Gasteiger charge is -2.29. The van der Waals surface area contributed by atoms with Gasteiger partial charge in [-0.25, -0.2) is 10.0 Å². The van der Waals surface area contributed by atoms with Crippen LogP contribution in [0.25, 0.3) is 0 Å². The first kappa shape index (κ1) is 17.8. The van der Waals surface area contributed by atoms with E-state index in [0.717, 1.165) is 16.8 Å². The topological polar surface area (TPSA) is 23.6 Å². The van der Waals surface area contributed by atoms with Gasteiger partial charge >= 0.3 is 0 Å². The zero-order valence-electron chi connectivity index (χ0n) is 15.5. The molecule has 3 aromatic carbocycles. The molecule has 4 heteroatoms. The largest absolute Gasteiger partial charge is 0.272 e. The first-order valence-electron chi connectivity index (χ1n) is 9.01. The van der Waals surface area contributed by atoms with Gasteiger partial charge in [0.25, 0.3) is 5.91 Å². The number of para-hydroxylation sites is 1. The highest BCUT2D eigenvalue weighted by Gasteiger charge is 2.40. The number of rotatable bonds is 5. The SMILES string of the molecule is CSc1ccccc1CN(C)N1C(=O)[C@H](c2ccccc2)c2ccccc21. The molecule has 0 spiro atoms. The Labute approximate surface area is 164 Å². The molecule has 1 heterocycles. The van der Waals surface area contributed by atoms with Gasteiger partial charge in [0.1, 0.15) is 0 Å². The van der Waals surface area contributed by atoms with Crippen LogP contribution in [0.1, 0.15) is 22.6 Å². The number of benzene rings is 3. The number of nitrogens with zero attached hydrogens (tertiary/aromatic N) is 2. The van der Waals surface area contributed by atoms with Crippen molar-refractivity contribution in [1.29, 1.82) is 0 Å². The van der Waals surface area contributed by atoms with Crippen LogP contribution in [0, 0.1) is 0 Å². The lowest BCUT2D eigenvalue weighted by Crippen LogP contribution is -2.42. The Balaban J connectivity index is 1.70. The zero-order chi connectivity index (χ0) is 18.8. The molecule has 0 fully saturated rings. The lowest BCUT2D eigenvalue weighted by molar-refractivity contribution is -0.121. The van der Waals surface area contributed by atoms with Gasteiger partial charge in [-0.1, -0.05) is 66.7 Å². The van der Waals surface area contributed by atoms with Crippen molar-refractivity contribution >= 4 is 23.4 Å². The molecule has 3 nitrogen and oxygen atoms in total. The molecule has 0 saturated carbocycles. The summed E-state index contributed by atoms with van der Waals surface area (Å²) in [7, 11) is 1.99. The van der Waals surface area contributed by atoms with Crippen molar-refractivity contribution in [3.63, 3.8) is 0 Å². The van der Waals surface area contributed by atoms with Gasteiger partial charge in [-0.05, 0) is 35.1 Å². The van der Waals surface area contributed by atoms with Gasteiger partial charge in [0.15, 0.2) is 0 Å². The van der Waals surface area contributed by atoms with E-state index in [1.165, 1.54) is 10.5 Å². The summed E-state index contributed by atoms with van der Waals surface area (Å²) in [5.74, 6) is -0.146. The number of hydrogen-bond acceptors (Lipinski definition) is 3. The van der Waals surface area contributed by atoms with Crippen LogP contribution < -0.4 is 5.01 Å². The lowest BCUT2D eigenvalue weighted by atomic mass is 9.93. The van der Waals surface area contributed by atoms with Crippen LogP contribution in [0.5, 0.6) is 0 Å². The Kier molecular flexibility index (Phi) is 5.01. The molecule has 3 aromatic rings. The monoisotopic (exact) mass is 374 g/mol. The Morgan fingerprint density at radius 1 is 0.926 bits per heavy atom. The van der Waals surface area contributed by atoms with Crippen molar-refractivity contribution in [2.75, 3.05) is 18.3 Å². The van der Waals surface area contributed by atoms with Gasteiger partial charge in [-0.2, -0.15) is 0 Å². The minimum Gasteiger partial charge on any atom is -0.272 e. The molecule has 1 atom stereocenters. The first-order valence-corrected chi connectivity index (χ1v) is 10.2. The van der Waals surface area contributed by atoms with Gasteiger partial charge in [-0.3, -0.25) is 4.79 Å². The summed E-state index contributed by atoms with van der Waals surface area (Å²) in [4.78, 5) is 14.7. The summed E-state index contributed by atoms with van der Waals surface area (Å²) in [5.41, 5.74) is 4.30. The van der Waals surface area contributed by atoms with Crippen molar-refractivity contribution in [3.05, 3.63) is 95.6 Å². The van der Waals surface area contributed by atoms with Gasteiger partial charge in [0.05, 0.1) is 11.6 Å². The molecule has 0 aromatic heterocycles. The second-order valence-electron chi connectivity index (χ2n) is 6.68. The normalized spacial score (nSPS) is 16.0. The average Bonchev–Trinajstić information content (AvgIpc) is 3.01. The molecule has 0 N–H and O–H groups in total. The Hall–Kier alpha value is -2.56. The molecule has 0 saturated heterocycles. The number of hydrazine groups is 1. The molecular weight excluding hydrogens is 352 g/mol. The summed E-state index contributed by atoms with van der Waals surface area (Å²) in [6.45, 7) is 0.679. The van der Waals surface area contributed by atoms with Crippen LogP contribution in [-0.2, 0) is 11.3 Å². The maximum Gasteiger partial charge on any atom is 0.253 e. The maximum atomic E-state index is 13.4. The van der Waals surface area contributed by atoms with Gasteiger partial charge in [-0.15, -0.1) is 11.8 Å². The maximum absolute atomic E-state index is 13.4. The summed E-state index contributed by atoms with van der Waals surface area (Å²) >= 11 is 1.73. The molecule has 0 aliphatic carbocycles. The van der Waals surface area contributed by atoms with E-state index >= 15 is 0 Å². The molecule has 1 aliphatic heterocycles. The van der Waals surface area contributed by atoms with Crippen molar-refractivity contribution < 1.29 is 4.79 Å². The molecule has 1 aliphatic rings. The number of hydrogen-bond donors (Lipinski definition) is 0. The van der Waals surface area contributed by atoms with E-state index in [1.807, 2.05) is 65.6 Å². The fraction of sp³-hybridized carbons (Fsp3) is 0.174. The highest BCUT2D eigenvalue weighted by Crippen LogP contribution is 2.41. The molecule has 0 bridgehead atoms. The van der Waals surface area contributed by atoms with Crippen molar-refractivity contribution in [2.45, 2.75) is 17.4 Å². The molecule has 0 radical (unpaired) electrons. The highest BCUT2D eigenvalue weighted by molar-refractivity contribution is 7.98. The van der Waals surface area contributed by atoms with Gasteiger partial charge in [0.2, 0.25) is 0 Å². The molecule has 4 rings (SSSR count). The highest BCUT2D eigenvalue weighted by atomic mass is 32.2. The number of carbonyl (C=O) groups excluding carboxylic acids is 1. The number of thioether (sulfide) groups is 1. The number of fused-ring (bicyclic) bond motifs is 1. The van der Waals surface area contributed by atoms with E-state index in [2.05, 4.69) is 36.6 Å². The van der Waals surface area contributed by atoms with E-state index in [-0.39, 0.29) is 11.8 Å². The third-order valence-corrected chi connectivity index (χ3v) is 5.84. The van der Waals surface area contributed by atoms with Crippen LogP contribution in [-0.4, -0.2) is 24.2 Å². The summed E-state index contributed by atoms with van der Waals surface area (Å²) in [5, 5.41) is 3.86. The third kappa shape index (κ3) is 3.27. The number of amides is 1. The first-order chi connectivity index (χ1) is 13.2. The van der Waals surface area contributed by atoms with E-state index in [0.29, 0.717) is 6.54 Å². The molecule has 27 heavy (non-hydrogen) atoms. The Morgan fingerprint density at radius 3 is 2.37 bits per heavy atom. The summed E-state index contributed by atoms with van der Waals surface area (Å²) < 4.78 is 0.